The first kappa shape index (κ1) is 30.6. The Balaban J connectivity index is 1.16. The number of aromatic hydroxyl groups is 1. The summed E-state index contributed by atoms with van der Waals surface area (Å²) in [6, 6.07) is 10.6. The van der Waals surface area contributed by atoms with E-state index in [9.17, 15) is 14.7 Å². The first-order chi connectivity index (χ1) is 21.0. The molecule has 2 amide bonds. The minimum Gasteiger partial charge on any atom is -0.493 e. The number of para-hydroxylation sites is 1. The summed E-state index contributed by atoms with van der Waals surface area (Å²) >= 11 is 6.03. The zero-order valence-corrected chi connectivity index (χ0v) is 26.6. The average molecular weight is 622 g/mol. The van der Waals surface area contributed by atoms with Gasteiger partial charge in [0.15, 0.2) is 12.3 Å². The number of benzene rings is 2. The van der Waals surface area contributed by atoms with E-state index in [2.05, 4.69) is 41.0 Å². The van der Waals surface area contributed by atoms with Crippen LogP contribution in [0.5, 0.6) is 11.6 Å². The van der Waals surface area contributed by atoms with E-state index >= 15 is 0 Å². The summed E-state index contributed by atoms with van der Waals surface area (Å²) in [6.45, 7) is 8.37. The van der Waals surface area contributed by atoms with E-state index in [0.29, 0.717) is 52.3 Å². The molecule has 2 saturated heterocycles. The fraction of sp³-hybridized carbons (Fsp3) is 0.515. The van der Waals surface area contributed by atoms with Crippen LogP contribution in [0.4, 0.5) is 5.69 Å². The van der Waals surface area contributed by atoms with E-state index < -0.39 is 11.6 Å². The van der Waals surface area contributed by atoms with Crippen molar-refractivity contribution in [1.29, 1.82) is 0 Å². The molecule has 44 heavy (non-hydrogen) atoms. The molecule has 6 rings (SSSR count). The number of hydrogen-bond donors (Lipinski definition) is 2. The van der Waals surface area contributed by atoms with Gasteiger partial charge in [0.2, 0.25) is 11.8 Å². The number of aromatic amines is 1. The maximum Gasteiger partial charge on any atom is 0.302 e. The number of hydroxylamine groups is 2. The van der Waals surface area contributed by atoms with Crippen LogP contribution in [-0.2, 0) is 20.8 Å². The molecule has 10 nitrogen and oxygen atoms in total. The molecule has 5 atom stereocenters. The van der Waals surface area contributed by atoms with Gasteiger partial charge in [0.25, 0.3) is 0 Å². The Kier molecular flexibility index (Phi) is 8.19. The maximum absolute atomic E-state index is 13.6. The van der Waals surface area contributed by atoms with Crippen molar-refractivity contribution in [2.24, 2.45) is 28.0 Å². The molecule has 0 bridgehead atoms. The highest BCUT2D eigenvalue weighted by molar-refractivity contribution is 6.31. The number of H-pyrrole nitrogens is 1. The van der Waals surface area contributed by atoms with Crippen LogP contribution in [0.15, 0.2) is 46.6 Å². The number of hydrogen-bond acceptors (Lipinski definition) is 7. The third-order valence-electron chi connectivity index (χ3n) is 9.68. The monoisotopic (exact) mass is 621 g/mol. The van der Waals surface area contributed by atoms with Crippen LogP contribution in [0.2, 0.25) is 5.02 Å². The average Bonchev–Trinajstić information content (AvgIpc) is 3.59. The van der Waals surface area contributed by atoms with E-state index in [4.69, 9.17) is 21.2 Å². The molecular weight excluding hydrogens is 582 g/mol. The van der Waals surface area contributed by atoms with Crippen molar-refractivity contribution in [1.82, 2.24) is 14.9 Å². The summed E-state index contributed by atoms with van der Waals surface area (Å²) in [6.07, 6.45) is 4.08. The quantitative estimate of drug-likeness (QED) is 0.283. The van der Waals surface area contributed by atoms with E-state index in [1.807, 2.05) is 37.1 Å². The van der Waals surface area contributed by atoms with Gasteiger partial charge in [0, 0.05) is 36.2 Å². The number of carbonyl (C=O) groups excluding carboxylic acids is 2. The number of halogens is 1. The van der Waals surface area contributed by atoms with Crippen molar-refractivity contribution < 1.29 is 24.3 Å². The molecular formula is C33H40ClN5O5. The second kappa shape index (κ2) is 11.8. The van der Waals surface area contributed by atoms with Gasteiger partial charge in [0.05, 0.1) is 11.6 Å². The number of aryl methyl sites for hydroxylation is 1. The van der Waals surface area contributed by atoms with E-state index in [-0.39, 0.29) is 36.2 Å². The number of nitrogens with one attached hydrogen (secondary N) is 1. The summed E-state index contributed by atoms with van der Waals surface area (Å²) in [4.78, 5) is 37.7. The van der Waals surface area contributed by atoms with Gasteiger partial charge in [-0.1, -0.05) is 57.0 Å². The SMILES string of the molecule is Cc1cccc(C[C@@H]2C[C@H]3C(=O)N(C)C4(CC(C)CCC4C(C)C)N3O2)c1OCC(=O)N=Nc1c(O)[nH]c2cc(Cl)ccc12. The highest BCUT2D eigenvalue weighted by Crippen LogP contribution is 2.53. The predicted molar refractivity (Wildman–Crippen MR) is 167 cm³/mol. The van der Waals surface area contributed by atoms with Crippen LogP contribution in [-0.4, -0.2) is 63.3 Å². The largest absolute Gasteiger partial charge is 0.493 e. The molecule has 2 N–H and O–H groups in total. The summed E-state index contributed by atoms with van der Waals surface area (Å²) < 4.78 is 6.01. The number of aromatic nitrogens is 1. The topological polar surface area (TPSA) is 120 Å². The van der Waals surface area contributed by atoms with Crippen molar-refractivity contribution in [3.63, 3.8) is 0 Å². The number of rotatable bonds is 7. The molecule has 234 valence electrons. The van der Waals surface area contributed by atoms with Gasteiger partial charge in [-0.05, 0) is 60.9 Å². The Labute approximate surface area is 262 Å². The summed E-state index contributed by atoms with van der Waals surface area (Å²) in [5.41, 5.74) is 2.09. The van der Waals surface area contributed by atoms with Gasteiger partial charge in [-0.25, -0.2) is 0 Å². The van der Waals surface area contributed by atoms with Crippen LogP contribution in [0.1, 0.15) is 57.6 Å². The highest BCUT2D eigenvalue weighted by Gasteiger charge is 2.64. The molecule has 11 heteroatoms. The number of ether oxygens (including phenoxy) is 1. The third kappa shape index (κ3) is 5.26. The molecule has 3 heterocycles. The van der Waals surface area contributed by atoms with Gasteiger partial charge in [-0.3, -0.25) is 14.4 Å². The first-order valence-electron chi connectivity index (χ1n) is 15.4. The zero-order chi connectivity index (χ0) is 31.3. The number of likely N-dealkylation sites (N-methyl/N-ethyl adjacent to an activating group) is 1. The fourth-order valence-corrected chi connectivity index (χ4v) is 7.84. The Morgan fingerprint density at radius 2 is 2.07 bits per heavy atom. The molecule has 0 radical (unpaired) electrons. The minimum atomic E-state index is -0.596. The lowest BCUT2D eigenvalue weighted by molar-refractivity contribution is -0.263. The van der Waals surface area contributed by atoms with Crippen molar-refractivity contribution in [2.45, 2.75) is 77.6 Å². The van der Waals surface area contributed by atoms with Crippen LogP contribution < -0.4 is 4.74 Å². The van der Waals surface area contributed by atoms with Crippen molar-refractivity contribution >= 4 is 40.0 Å². The number of carbonyl (C=O) groups is 2. The Hall–Kier alpha value is -3.47. The van der Waals surface area contributed by atoms with Crippen molar-refractivity contribution in [2.75, 3.05) is 13.7 Å². The predicted octanol–water partition coefficient (Wildman–Crippen LogP) is 6.70. The lowest BCUT2D eigenvalue weighted by Gasteiger charge is -2.52. The normalized spacial score (nSPS) is 27.3. The van der Waals surface area contributed by atoms with Crippen LogP contribution in [0.25, 0.3) is 10.9 Å². The van der Waals surface area contributed by atoms with Gasteiger partial charge < -0.3 is 19.7 Å². The second-order valence-corrected chi connectivity index (χ2v) is 13.4. The number of amides is 2. The third-order valence-corrected chi connectivity index (χ3v) is 9.92. The van der Waals surface area contributed by atoms with Crippen LogP contribution in [0.3, 0.4) is 0 Å². The molecule has 3 unspecified atom stereocenters. The Bertz CT molecular complexity index is 1620. The molecule has 1 aliphatic carbocycles. The first-order valence-corrected chi connectivity index (χ1v) is 15.8. The van der Waals surface area contributed by atoms with Crippen LogP contribution in [0, 0.1) is 24.7 Å². The van der Waals surface area contributed by atoms with Crippen molar-refractivity contribution in [3.8, 4) is 11.6 Å². The Morgan fingerprint density at radius 1 is 1.27 bits per heavy atom. The van der Waals surface area contributed by atoms with Gasteiger partial charge in [-0.2, -0.15) is 5.06 Å². The molecule has 2 aliphatic heterocycles. The van der Waals surface area contributed by atoms with E-state index in [1.165, 1.54) is 0 Å². The Morgan fingerprint density at radius 3 is 2.84 bits per heavy atom. The molecule has 3 aromatic rings. The number of azo groups is 1. The fourth-order valence-electron chi connectivity index (χ4n) is 7.67. The van der Waals surface area contributed by atoms with Gasteiger partial charge in [0.1, 0.15) is 17.5 Å². The van der Waals surface area contributed by atoms with E-state index in [1.54, 1.807) is 18.2 Å². The highest BCUT2D eigenvalue weighted by atomic mass is 35.5. The standard InChI is InChI=1S/C33H40ClN5O5/c1-18(2)25-12-9-19(3)16-33(25)38(5)32(42)27-15-23(44-39(27)33)13-21-8-6-7-20(4)30(21)43-17-28(40)36-37-29-24-11-10-22(34)14-26(24)35-31(29)41/h6-8,10-11,14,18-19,23,25,27,35,41H,9,12-13,15-17H2,1-5H3/t19?,23-,25?,27+,33?/m1/s1. The molecule has 3 aliphatic rings. The molecule has 3 fully saturated rings. The maximum atomic E-state index is 13.6. The van der Waals surface area contributed by atoms with Crippen molar-refractivity contribution in [3.05, 3.63) is 52.5 Å². The second-order valence-electron chi connectivity index (χ2n) is 13.0. The molecule has 1 saturated carbocycles. The smallest absolute Gasteiger partial charge is 0.302 e. The summed E-state index contributed by atoms with van der Waals surface area (Å²) in [5.74, 6) is 1.19. The number of nitrogens with zero attached hydrogens (tertiary/aromatic N) is 4. The minimum absolute atomic E-state index is 0.133. The summed E-state index contributed by atoms with van der Waals surface area (Å²) in [7, 11) is 1.95. The van der Waals surface area contributed by atoms with Gasteiger partial charge in [-0.15, -0.1) is 10.2 Å². The molecule has 1 aromatic heterocycles. The lowest BCUT2D eigenvalue weighted by atomic mass is 9.69. The summed E-state index contributed by atoms with van der Waals surface area (Å²) in [5, 5.41) is 21.2. The zero-order valence-electron chi connectivity index (χ0n) is 25.8. The molecule has 1 spiro atoms. The molecule has 2 aromatic carbocycles. The van der Waals surface area contributed by atoms with Crippen LogP contribution >= 0.6 is 11.6 Å². The van der Waals surface area contributed by atoms with Gasteiger partial charge >= 0.3 is 5.91 Å². The van der Waals surface area contributed by atoms with E-state index in [0.717, 1.165) is 30.4 Å². The lowest BCUT2D eigenvalue weighted by Crippen LogP contribution is -2.61. The number of fused-ring (bicyclic) bond motifs is 3.